The van der Waals surface area contributed by atoms with Gasteiger partial charge >= 0.3 is 0 Å². The lowest BCUT2D eigenvalue weighted by atomic mass is 10.0. The minimum absolute atomic E-state index is 0.0248. The summed E-state index contributed by atoms with van der Waals surface area (Å²) in [6.07, 6.45) is 0. The van der Waals surface area contributed by atoms with Crippen molar-refractivity contribution in [1.29, 1.82) is 0 Å². The van der Waals surface area contributed by atoms with Gasteiger partial charge < -0.3 is 9.52 Å². The zero-order chi connectivity index (χ0) is 11.0. The van der Waals surface area contributed by atoms with Crippen molar-refractivity contribution < 1.29 is 9.52 Å². The summed E-state index contributed by atoms with van der Waals surface area (Å²) in [5.41, 5.74) is 1.74. The second kappa shape index (κ2) is 3.99. The molecule has 0 aliphatic rings. The fourth-order valence-electron chi connectivity index (χ4n) is 1.77. The van der Waals surface area contributed by atoms with Crippen LogP contribution in [0.25, 0.3) is 11.0 Å². The maximum absolute atomic E-state index is 9.37. The van der Waals surface area contributed by atoms with Crippen molar-refractivity contribution in [3.05, 3.63) is 34.0 Å². The molecule has 80 valence electrons. The quantitative estimate of drug-likeness (QED) is 0.899. The number of benzene rings is 1. The maximum Gasteiger partial charge on any atom is 0.134 e. The van der Waals surface area contributed by atoms with E-state index in [0.29, 0.717) is 5.92 Å². The third-order valence-electron chi connectivity index (χ3n) is 2.47. The average molecular weight is 269 g/mol. The summed E-state index contributed by atoms with van der Waals surface area (Å²) in [7, 11) is 0. The first-order chi connectivity index (χ1) is 7.13. The highest BCUT2D eigenvalue weighted by Gasteiger charge is 2.15. The van der Waals surface area contributed by atoms with E-state index in [1.165, 1.54) is 0 Å². The summed E-state index contributed by atoms with van der Waals surface area (Å²) in [6, 6.07) is 5.85. The molecule has 1 heterocycles. The minimum atomic E-state index is 0.0248. The fourth-order valence-corrected chi connectivity index (χ4v) is 2.13. The van der Waals surface area contributed by atoms with Crippen molar-refractivity contribution in [2.45, 2.75) is 26.4 Å². The van der Waals surface area contributed by atoms with Gasteiger partial charge in [0.1, 0.15) is 11.3 Å². The Kier molecular flexibility index (Phi) is 2.85. The normalized spacial score (nSPS) is 11.5. The molecular weight excluding hydrogens is 256 g/mol. The Morgan fingerprint density at radius 2 is 2.13 bits per heavy atom. The first-order valence-corrected chi connectivity index (χ1v) is 5.74. The Morgan fingerprint density at radius 3 is 2.73 bits per heavy atom. The smallest absolute Gasteiger partial charge is 0.134 e. The van der Waals surface area contributed by atoms with E-state index in [9.17, 15) is 5.11 Å². The molecule has 0 saturated carbocycles. The van der Waals surface area contributed by atoms with Crippen molar-refractivity contribution in [3.63, 3.8) is 0 Å². The molecule has 3 heteroatoms. The SMILES string of the molecule is CC(C)c1oc2ccc(Br)cc2c1CO. The third-order valence-corrected chi connectivity index (χ3v) is 2.96. The van der Waals surface area contributed by atoms with E-state index in [1.807, 2.05) is 18.2 Å². The number of fused-ring (bicyclic) bond motifs is 1. The highest BCUT2D eigenvalue weighted by molar-refractivity contribution is 9.10. The van der Waals surface area contributed by atoms with Crippen molar-refractivity contribution in [2.24, 2.45) is 0 Å². The fraction of sp³-hybridized carbons (Fsp3) is 0.333. The Balaban J connectivity index is 2.74. The highest BCUT2D eigenvalue weighted by atomic mass is 79.9. The largest absolute Gasteiger partial charge is 0.460 e. The van der Waals surface area contributed by atoms with Crippen molar-refractivity contribution in [2.75, 3.05) is 0 Å². The molecule has 1 aromatic carbocycles. The van der Waals surface area contributed by atoms with Gasteiger partial charge in [-0.25, -0.2) is 0 Å². The van der Waals surface area contributed by atoms with Gasteiger partial charge in [0, 0.05) is 21.3 Å². The lowest BCUT2D eigenvalue weighted by molar-refractivity contribution is 0.278. The lowest BCUT2D eigenvalue weighted by Crippen LogP contribution is -1.91. The van der Waals surface area contributed by atoms with Crippen LogP contribution in [0.1, 0.15) is 31.1 Å². The van der Waals surface area contributed by atoms with Gasteiger partial charge in [0.25, 0.3) is 0 Å². The molecule has 0 aliphatic heterocycles. The summed E-state index contributed by atoms with van der Waals surface area (Å²) in [5, 5.41) is 10.4. The summed E-state index contributed by atoms with van der Waals surface area (Å²) >= 11 is 3.42. The predicted molar refractivity (Wildman–Crippen MR) is 63.9 cm³/mol. The van der Waals surface area contributed by atoms with Gasteiger partial charge in [-0.1, -0.05) is 29.8 Å². The molecule has 0 bridgehead atoms. The molecule has 0 spiro atoms. The molecule has 1 N–H and O–H groups in total. The molecule has 0 amide bonds. The van der Waals surface area contributed by atoms with Crippen LogP contribution in [0.5, 0.6) is 0 Å². The van der Waals surface area contributed by atoms with Crippen molar-refractivity contribution >= 4 is 26.9 Å². The van der Waals surface area contributed by atoms with Crippen LogP contribution in [-0.4, -0.2) is 5.11 Å². The predicted octanol–water partition coefficient (Wildman–Crippen LogP) is 3.81. The van der Waals surface area contributed by atoms with Crippen LogP contribution in [0, 0.1) is 0 Å². The molecule has 2 aromatic rings. The van der Waals surface area contributed by atoms with E-state index in [2.05, 4.69) is 29.8 Å². The first-order valence-electron chi connectivity index (χ1n) is 4.95. The summed E-state index contributed by atoms with van der Waals surface area (Å²) in [4.78, 5) is 0. The van der Waals surface area contributed by atoms with Crippen molar-refractivity contribution in [1.82, 2.24) is 0 Å². The number of aliphatic hydroxyl groups is 1. The van der Waals surface area contributed by atoms with Crippen molar-refractivity contribution in [3.8, 4) is 0 Å². The van der Waals surface area contributed by atoms with Crippen LogP contribution in [0.15, 0.2) is 27.1 Å². The molecule has 1 aromatic heterocycles. The van der Waals surface area contributed by atoms with E-state index < -0.39 is 0 Å². The Bertz CT molecular complexity index is 486. The Morgan fingerprint density at radius 1 is 1.40 bits per heavy atom. The molecule has 0 aliphatic carbocycles. The zero-order valence-corrected chi connectivity index (χ0v) is 10.3. The molecule has 15 heavy (non-hydrogen) atoms. The number of hydrogen-bond donors (Lipinski definition) is 1. The molecule has 0 unspecified atom stereocenters. The van der Waals surface area contributed by atoms with Crippen LogP contribution in [0.4, 0.5) is 0 Å². The standard InChI is InChI=1S/C12H13BrO2/c1-7(2)12-10(6-14)9-5-8(13)3-4-11(9)15-12/h3-5,7,14H,6H2,1-2H3. The van der Waals surface area contributed by atoms with Gasteiger partial charge in [-0.15, -0.1) is 0 Å². The van der Waals surface area contributed by atoms with Crippen LogP contribution >= 0.6 is 15.9 Å². The third kappa shape index (κ3) is 1.82. The van der Waals surface area contributed by atoms with E-state index in [1.54, 1.807) is 0 Å². The molecular formula is C12H13BrO2. The summed E-state index contributed by atoms with van der Waals surface area (Å²) in [5.74, 6) is 1.17. The van der Waals surface area contributed by atoms with E-state index in [4.69, 9.17) is 4.42 Å². The van der Waals surface area contributed by atoms with Gasteiger partial charge in [-0.3, -0.25) is 0 Å². The molecule has 0 atom stereocenters. The topological polar surface area (TPSA) is 33.4 Å². The van der Waals surface area contributed by atoms with E-state index in [-0.39, 0.29) is 6.61 Å². The van der Waals surface area contributed by atoms with Gasteiger partial charge in [0.15, 0.2) is 0 Å². The number of aliphatic hydroxyl groups excluding tert-OH is 1. The van der Waals surface area contributed by atoms with E-state index in [0.717, 1.165) is 26.8 Å². The molecule has 0 saturated heterocycles. The average Bonchev–Trinajstić information content (AvgIpc) is 2.55. The summed E-state index contributed by atoms with van der Waals surface area (Å²) in [6.45, 7) is 4.15. The maximum atomic E-state index is 9.37. The van der Waals surface area contributed by atoms with Gasteiger partial charge in [-0.2, -0.15) is 0 Å². The Hall–Kier alpha value is -0.800. The monoisotopic (exact) mass is 268 g/mol. The number of furan rings is 1. The lowest BCUT2D eigenvalue weighted by Gasteiger charge is -2.02. The molecule has 2 rings (SSSR count). The number of hydrogen-bond acceptors (Lipinski definition) is 2. The number of rotatable bonds is 2. The van der Waals surface area contributed by atoms with E-state index >= 15 is 0 Å². The van der Waals surface area contributed by atoms with Gasteiger partial charge in [-0.05, 0) is 18.2 Å². The zero-order valence-electron chi connectivity index (χ0n) is 8.75. The minimum Gasteiger partial charge on any atom is -0.460 e. The second-order valence-corrected chi connectivity index (χ2v) is 4.81. The van der Waals surface area contributed by atoms with Crippen LogP contribution in [-0.2, 0) is 6.61 Å². The highest BCUT2D eigenvalue weighted by Crippen LogP contribution is 2.32. The Labute approximate surface area is 97.0 Å². The van der Waals surface area contributed by atoms with Gasteiger partial charge in [0.2, 0.25) is 0 Å². The first kappa shape index (κ1) is 10.7. The molecule has 0 fully saturated rings. The number of halogens is 1. The molecule has 0 radical (unpaired) electrons. The summed E-state index contributed by atoms with van der Waals surface area (Å²) < 4.78 is 6.73. The molecule has 2 nitrogen and oxygen atoms in total. The van der Waals surface area contributed by atoms with Gasteiger partial charge in [0.05, 0.1) is 6.61 Å². The van der Waals surface area contributed by atoms with Crippen LogP contribution in [0.3, 0.4) is 0 Å². The second-order valence-electron chi connectivity index (χ2n) is 3.90. The van der Waals surface area contributed by atoms with Crippen LogP contribution < -0.4 is 0 Å². The van der Waals surface area contributed by atoms with Crippen LogP contribution in [0.2, 0.25) is 0 Å².